The molecule has 2 aromatic rings. The van der Waals surface area contributed by atoms with Crippen molar-refractivity contribution in [3.05, 3.63) is 59.7 Å². The minimum absolute atomic E-state index is 0.0618. The van der Waals surface area contributed by atoms with Gasteiger partial charge in [-0.1, -0.05) is 35.4 Å². The lowest BCUT2D eigenvalue weighted by atomic mass is 10.2. The van der Waals surface area contributed by atoms with Crippen molar-refractivity contribution in [2.24, 2.45) is 0 Å². The van der Waals surface area contributed by atoms with Gasteiger partial charge in [0.05, 0.1) is 22.4 Å². The van der Waals surface area contributed by atoms with E-state index in [-0.39, 0.29) is 22.9 Å². The molecule has 0 bridgehead atoms. The van der Waals surface area contributed by atoms with Gasteiger partial charge in [-0.3, -0.25) is 4.18 Å². The molecular weight excluding hydrogens is 362 g/mol. The first-order chi connectivity index (χ1) is 11.7. The van der Waals surface area contributed by atoms with Crippen molar-refractivity contribution < 1.29 is 21.0 Å². The molecule has 2 atom stereocenters. The molecule has 0 spiro atoms. The highest BCUT2D eigenvalue weighted by Crippen LogP contribution is 2.29. The van der Waals surface area contributed by atoms with Crippen molar-refractivity contribution in [2.75, 3.05) is 13.2 Å². The van der Waals surface area contributed by atoms with Crippen molar-refractivity contribution in [3.8, 4) is 0 Å². The fourth-order valence-electron chi connectivity index (χ4n) is 2.38. The Hall–Kier alpha value is -1.74. The number of hydrogen-bond acceptors (Lipinski definition) is 5. The van der Waals surface area contributed by atoms with Crippen molar-refractivity contribution >= 4 is 20.1 Å². The Morgan fingerprint density at radius 1 is 0.880 bits per heavy atom. The van der Waals surface area contributed by atoms with E-state index in [0.717, 1.165) is 11.1 Å². The third-order valence-corrected chi connectivity index (χ3v) is 7.25. The highest BCUT2D eigenvalue weighted by molar-refractivity contribution is 7.89. The summed E-state index contributed by atoms with van der Waals surface area (Å²) in [5.41, 5.74) is 1.91. The van der Waals surface area contributed by atoms with Gasteiger partial charge >= 0.3 is 0 Å². The summed E-state index contributed by atoms with van der Waals surface area (Å²) in [6, 6.07) is 12.4. The summed E-state index contributed by atoms with van der Waals surface area (Å²) in [6.07, 6.45) is 0. The summed E-state index contributed by atoms with van der Waals surface area (Å²) >= 11 is 0. The number of hydrogen-bond donors (Lipinski definition) is 0. The van der Waals surface area contributed by atoms with E-state index in [4.69, 9.17) is 4.18 Å². The van der Waals surface area contributed by atoms with Gasteiger partial charge in [-0.05, 0) is 38.1 Å². The Labute approximate surface area is 148 Å². The molecule has 0 N–H and O–H groups in total. The van der Waals surface area contributed by atoms with E-state index in [2.05, 4.69) is 0 Å². The third-order valence-electron chi connectivity index (χ3n) is 4.02. The molecule has 6 nitrogen and oxygen atoms in total. The van der Waals surface area contributed by atoms with E-state index in [0.29, 0.717) is 0 Å². The number of sulfonamides is 1. The lowest BCUT2D eigenvalue weighted by molar-refractivity contribution is 0.310. The normalized spacial score (nSPS) is 20.4. The summed E-state index contributed by atoms with van der Waals surface area (Å²) in [5, 5.41) is 0. The van der Waals surface area contributed by atoms with Gasteiger partial charge in [-0.2, -0.15) is 12.7 Å². The first-order valence-electron chi connectivity index (χ1n) is 7.75. The van der Waals surface area contributed by atoms with E-state index in [1.54, 1.807) is 36.4 Å². The zero-order chi connectivity index (χ0) is 18.2. The van der Waals surface area contributed by atoms with Gasteiger partial charge in [0.2, 0.25) is 10.0 Å². The van der Waals surface area contributed by atoms with Crippen LogP contribution in [-0.4, -0.2) is 40.3 Å². The molecule has 0 amide bonds. The number of rotatable bonds is 6. The molecular formula is C17H19NO5S2. The van der Waals surface area contributed by atoms with E-state index in [1.807, 2.05) is 13.8 Å². The molecule has 2 aromatic carbocycles. The van der Waals surface area contributed by atoms with Crippen molar-refractivity contribution in [3.63, 3.8) is 0 Å². The van der Waals surface area contributed by atoms with Gasteiger partial charge in [0, 0.05) is 6.54 Å². The van der Waals surface area contributed by atoms with E-state index >= 15 is 0 Å². The van der Waals surface area contributed by atoms with Crippen LogP contribution in [0.3, 0.4) is 0 Å². The summed E-state index contributed by atoms with van der Waals surface area (Å²) in [7, 11) is -7.50. The lowest BCUT2D eigenvalue weighted by Gasteiger charge is -2.08. The highest BCUT2D eigenvalue weighted by Gasteiger charge is 2.45. The molecule has 3 rings (SSSR count). The smallest absolute Gasteiger partial charge is 0.265 e. The van der Waals surface area contributed by atoms with Crippen molar-refractivity contribution in [1.29, 1.82) is 0 Å². The van der Waals surface area contributed by atoms with Crippen LogP contribution in [-0.2, 0) is 24.3 Å². The second-order valence-electron chi connectivity index (χ2n) is 6.09. The second kappa shape index (κ2) is 6.53. The number of benzene rings is 2. The van der Waals surface area contributed by atoms with Crippen molar-refractivity contribution in [2.45, 2.75) is 29.7 Å². The molecule has 0 aromatic heterocycles. The Bertz CT molecular complexity index is 965. The standard InChI is InChI=1S/C17H19NO5S2/c1-13-3-7-16(8-4-13)24(19,20)18-11-15(18)12-23-25(21,22)17-9-5-14(2)6-10-17/h3-10,15H,11-12H2,1-2H3/t15-,18?/m1/s1. The molecule has 1 aliphatic heterocycles. The molecule has 134 valence electrons. The molecule has 8 heteroatoms. The van der Waals surface area contributed by atoms with Crippen LogP contribution in [0.15, 0.2) is 58.3 Å². The zero-order valence-corrected chi connectivity index (χ0v) is 15.5. The Kier molecular flexibility index (Phi) is 4.72. The van der Waals surface area contributed by atoms with Crippen LogP contribution >= 0.6 is 0 Å². The summed E-state index contributed by atoms with van der Waals surface area (Å²) in [6.45, 7) is 3.79. The summed E-state index contributed by atoms with van der Waals surface area (Å²) in [4.78, 5) is 0.258. The molecule has 25 heavy (non-hydrogen) atoms. The predicted octanol–water partition coefficient (Wildman–Crippen LogP) is 2.08. The first kappa shape index (κ1) is 18.1. The van der Waals surface area contributed by atoms with E-state index in [9.17, 15) is 16.8 Å². The van der Waals surface area contributed by atoms with Crippen LogP contribution in [0.5, 0.6) is 0 Å². The maximum atomic E-state index is 12.5. The third kappa shape index (κ3) is 3.92. The molecule has 1 aliphatic rings. The maximum Gasteiger partial charge on any atom is 0.297 e. The van der Waals surface area contributed by atoms with Crippen LogP contribution in [0.25, 0.3) is 0 Å². The predicted molar refractivity (Wildman–Crippen MR) is 93.2 cm³/mol. The van der Waals surface area contributed by atoms with Gasteiger partial charge in [0.15, 0.2) is 0 Å². The fourth-order valence-corrected chi connectivity index (χ4v) is 4.89. The monoisotopic (exact) mass is 381 g/mol. The molecule has 1 fully saturated rings. The van der Waals surface area contributed by atoms with Gasteiger partial charge < -0.3 is 0 Å². The van der Waals surface area contributed by atoms with Gasteiger partial charge in [-0.15, -0.1) is 0 Å². The summed E-state index contributed by atoms with van der Waals surface area (Å²) < 4.78 is 55.5. The van der Waals surface area contributed by atoms with Gasteiger partial charge in [0.25, 0.3) is 10.1 Å². The molecule has 1 saturated heterocycles. The number of nitrogens with zero attached hydrogens (tertiary/aromatic N) is 1. The first-order valence-corrected chi connectivity index (χ1v) is 10.6. The maximum absolute atomic E-state index is 12.5. The topological polar surface area (TPSA) is 80.5 Å². The van der Waals surface area contributed by atoms with Crippen LogP contribution in [0, 0.1) is 13.8 Å². The average Bonchev–Trinajstić information content (AvgIpc) is 3.34. The van der Waals surface area contributed by atoms with Gasteiger partial charge in [0.1, 0.15) is 0 Å². The van der Waals surface area contributed by atoms with Crippen LogP contribution in [0.4, 0.5) is 0 Å². The zero-order valence-electron chi connectivity index (χ0n) is 13.9. The lowest BCUT2D eigenvalue weighted by Crippen LogP contribution is -2.19. The molecule has 1 heterocycles. The number of aryl methyl sites for hydroxylation is 2. The summed E-state index contributed by atoms with van der Waals surface area (Å²) in [5.74, 6) is 0. The SMILES string of the molecule is Cc1ccc(S(=O)(=O)OC[C@H]2CN2S(=O)(=O)c2ccc(C)cc2)cc1. The van der Waals surface area contributed by atoms with Crippen LogP contribution in [0.2, 0.25) is 0 Å². The van der Waals surface area contributed by atoms with Gasteiger partial charge in [-0.25, -0.2) is 8.42 Å². The minimum atomic E-state index is -3.89. The Balaban J connectivity index is 1.64. The van der Waals surface area contributed by atoms with E-state index < -0.39 is 26.2 Å². The van der Waals surface area contributed by atoms with Crippen molar-refractivity contribution in [1.82, 2.24) is 4.31 Å². The van der Waals surface area contributed by atoms with Crippen LogP contribution < -0.4 is 0 Å². The highest BCUT2D eigenvalue weighted by atomic mass is 32.2. The molecule has 0 radical (unpaired) electrons. The quantitative estimate of drug-likeness (QED) is 0.565. The molecule has 1 unspecified atom stereocenters. The minimum Gasteiger partial charge on any atom is -0.265 e. The second-order valence-corrected chi connectivity index (χ2v) is 9.60. The average molecular weight is 381 g/mol. The van der Waals surface area contributed by atoms with E-state index in [1.165, 1.54) is 16.4 Å². The Morgan fingerprint density at radius 2 is 1.36 bits per heavy atom. The largest absolute Gasteiger partial charge is 0.297 e. The molecule has 0 saturated carbocycles. The molecule has 0 aliphatic carbocycles. The fraction of sp³-hybridized carbons (Fsp3) is 0.294. The Morgan fingerprint density at radius 3 is 1.88 bits per heavy atom. The van der Waals surface area contributed by atoms with Crippen LogP contribution in [0.1, 0.15) is 11.1 Å².